The highest BCUT2D eigenvalue weighted by Crippen LogP contribution is 2.23. The topological polar surface area (TPSA) is 121 Å². The Morgan fingerprint density at radius 3 is 2.46 bits per heavy atom. The van der Waals surface area contributed by atoms with Gasteiger partial charge in [-0.05, 0) is 54.0 Å². The molecule has 0 amide bonds. The van der Waals surface area contributed by atoms with Gasteiger partial charge in [0.2, 0.25) is 5.95 Å². The SMILES string of the molecule is CCC(=O)[C@H](C)n1c(=O)nc(Nc2ccc(Oc3ccon3)cc2)n(Cc2ccc(Cl)cc2)c1=O. The number of halogens is 1. The predicted molar refractivity (Wildman–Crippen MR) is 130 cm³/mol. The van der Waals surface area contributed by atoms with Crippen molar-refractivity contribution in [3.05, 3.63) is 92.4 Å². The summed E-state index contributed by atoms with van der Waals surface area (Å²) in [5.41, 5.74) is -0.144. The second-order valence-electron chi connectivity index (χ2n) is 7.67. The van der Waals surface area contributed by atoms with Crippen LogP contribution in [0, 0.1) is 0 Å². The number of hydrogen-bond acceptors (Lipinski definition) is 8. The Morgan fingerprint density at radius 1 is 1.11 bits per heavy atom. The first-order chi connectivity index (χ1) is 16.9. The lowest BCUT2D eigenvalue weighted by molar-refractivity contribution is -0.121. The molecule has 10 nitrogen and oxygen atoms in total. The maximum Gasteiger partial charge on any atom is 0.355 e. The first-order valence-electron chi connectivity index (χ1n) is 10.8. The van der Waals surface area contributed by atoms with E-state index >= 15 is 0 Å². The number of carbonyl (C=O) groups excluding carboxylic acids is 1. The number of rotatable bonds is 9. The van der Waals surface area contributed by atoms with E-state index in [0.717, 1.165) is 10.1 Å². The molecule has 4 rings (SSSR count). The number of carbonyl (C=O) groups is 1. The first kappa shape index (κ1) is 24.0. The fourth-order valence-electron chi connectivity index (χ4n) is 3.40. The molecule has 0 unspecified atom stereocenters. The summed E-state index contributed by atoms with van der Waals surface area (Å²) < 4.78 is 12.5. The Morgan fingerprint density at radius 2 is 1.83 bits per heavy atom. The number of nitrogens with zero attached hydrogens (tertiary/aromatic N) is 4. The lowest BCUT2D eigenvalue weighted by Crippen LogP contribution is -2.45. The Labute approximate surface area is 204 Å². The number of anilines is 2. The predicted octanol–water partition coefficient (Wildman–Crippen LogP) is 4.17. The summed E-state index contributed by atoms with van der Waals surface area (Å²) in [5.74, 6) is 0.613. The van der Waals surface area contributed by atoms with Crippen LogP contribution in [0.2, 0.25) is 5.02 Å². The van der Waals surface area contributed by atoms with E-state index < -0.39 is 17.4 Å². The van der Waals surface area contributed by atoms with Crippen LogP contribution in [0.25, 0.3) is 0 Å². The minimum atomic E-state index is -0.939. The summed E-state index contributed by atoms with van der Waals surface area (Å²) in [7, 11) is 0. The lowest BCUT2D eigenvalue weighted by Gasteiger charge is -2.18. The molecule has 2 heterocycles. The van der Waals surface area contributed by atoms with Gasteiger partial charge >= 0.3 is 11.4 Å². The van der Waals surface area contributed by atoms with Crippen LogP contribution in [0.3, 0.4) is 0 Å². The summed E-state index contributed by atoms with van der Waals surface area (Å²) in [5, 5.41) is 7.26. The van der Waals surface area contributed by atoms with E-state index in [1.54, 1.807) is 61.5 Å². The summed E-state index contributed by atoms with van der Waals surface area (Å²) in [4.78, 5) is 42.5. The van der Waals surface area contributed by atoms with Gasteiger partial charge in [-0.25, -0.2) is 14.2 Å². The number of hydrogen-bond donors (Lipinski definition) is 1. The highest BCUT2D eigenvalue weighted by Gasteiger charge is 2.22. The zero-order valence-corrected chi connectivity index (χ0v) is 19.7. The zero-order chi connectivity index (χ0) is 24.9. The van der Waals surface area contributed by atoms with E-state index in [1.165, 1.54) is 17.8 Å². The van der Waals surface area contributed by atoms with Crippen molar-refractivity contribution < 1.29 is 14.1 Å². The van der Waals surface area contributed by atoms with Crippen LogP contribution in [0.1, 0.15) is 31.9 Å². The Bertz CT molecular complexity index is 1430. The average Bonchev–Trinajstić information content (AvgIpc) is 3.36. The van der Waals surface area contributed by atoms with Crippen molar-refractivity contribution in [3.8, 4) is 11.6 Å². The Hall–Kier alpha value is -4.18. The van der Waals surface area contributed by atoms with Crippen LogP contribution in [0.15, 0.2) is 75.0 Å². The van der Waals surface area contributed by atoms with Gasteiger partial charge in [0.1, 0.15) is 12.0 Å². The van der Waals surface area contributed by atoms with Gasteiger partial charge < -0.3 is 14.6 Å². The van der Waals surface area contributed by atoms with Crippen LogP contribution in [-0.2, 0) is 11.3 Å². The number of benzene rings is 2. The number of nitrogens with one attached hydrogen (secondary N) is 1. The number of ether oxygens (including phenoxy) is 1. The first-order valence-corrected chi connectivity index (χ1v) is 11.2. The van der Waals surface area contributed by atoms with Gasteiger partial charge in [0.25, 0.3) is 5.88 Å². The molecule has 0 saturated heterocycles. The third-order valence-electron chi connectivity index (χ3n) is 5.30. The van der Waals surface area contributed by atoms with Gasteiger partial charge in [0.05, 0.1) is 12.6 Å². The molecule has 0 fully saturated rings. The van der Waals surface area contributed by atoms with Crippen LogP contribution in [0.4, 0.5) is 11.6 Å². The van der Waals surface area contributed by atoms with Crippen molar-refractivity contribution in [1.82, 2.24) is 19.3 Å². The van der Waals surface area contributed by atoms with Crippen molar-refractivity contribution >= 4 is 29.0 Å². The van der Waals surface area contributed by atoms with E-state index in [1.807, 2.05) is 0 Å². The van der Waals surface area contributed by atoms with E-state index in [0.29, 0.717) is 22.3 Å². The normalized spacial score (nSPS) is 11.7. The van der Waals surface area contributed by atoms with Crippen molar-refractivity contribution in [1.29, 1.82) is 0 Å². The minimum absolute atomic E-state index is 0.0347. The standard InChI is InChI=1S/C24H22ClN5O5/c1-3-20(31)15(2)30-23(32)27-22(29(24(30)33)14-16-4-6-17(25)7-5-16)26-18-8-10-19(11-9-18)35-21-12-13-34-28-21/h4-13,15H,3,14H2,1-2H3,(H,26,27,32)/t15-/m0/s1. The summed E-state index contributed by atoms with van der Waals surface area (Å²) in [6, 6.07) is 14.3. The van der Waals surface area contributed by atoms with E-state index in [-0.39, 0.29) is 24.7 Å². The van der Waals surface area contributed by atoms with Crippen molar-refractivity contribution in [2.24, 2.45) is 0 Å². The van der Waals surface area contributed by atoms with E-state index in [4.69, 9.17) is 20.9 Å². The summed E-state index contributed by atoms with van der Waals surface area (Å²) in [6.45, 7) is 3.30. The van der Waals surface area contributed by atoms with Gasteiger partial charge in [-0.15, -0.1) is 0 Å². The highest BCUT2D eigenvalue weighted by molar-refractivity contribution is 6.30. The highest BCUT2D eigenvalue weighted by atomic mass is 35.5. The molecule has 11 heteroatoms. The molecule has 0 aliphatic heterocycles. The van der Waals surface area contributed by atoms with Gasteiger partial charge in [-0.2, -0.15) is 4.98 Å². The van der Waals surface area contributed by atoms with Crippen LogP contribution >= 0.6 is 11.6 Å². The molecule has 0 radical (unpaired) electrons. The molecule has 4 aromatic rings. The van der Waals surface area contributed by atoms with Gasteiger partial charge in [0.15, 0.2) is 5.78 Å². The second kappa shape index (κ2) is 10.4. The molecule has 0 aliphatic rings. The molecule has 0 aliphatic carbocycles. The number of aromatic nitrogens is 4. The maximum atomic E-state index is 13.4. The van der Waals surface area contributed by atoms with Gasteiger partial charge in [0, 0.05) is 23.2 Å². The van der Waals surface area contributed by atoms with E-state index in [9.17, 15) is 14.4 Å². The minimum Gasteiger partial charge on any atom is -0.436 e. The van der Waals surface area contributed by atoms with Gasteiger partial charge in [-0.1, -0.05) is 30.7 Å². The summed E-state index contributed by atoms with van der Waals surface area (Å²) in [6.07, 6.45) is 1.58. The monoisotopic (exact) mass is 495 g/mol. The van der Waals surface area contributed by atoms with Crippen molar-refractivity contribution in [3.63, 3.8) is 0 Å². The lowest BCUT2D eigenvalue weighted by atomic mass is 10.2. The Balaban J connectivity index is 1.70. The number of Topliss-reactive ketones (excluding diaryl/α,β-unsaturated/α-hetero) is 1. The third kappa shape index (κ3) is 5.49. The van der Waals surface area contributed by atoms with Crippen LogP contribution < -0.4 is 21.4 Å². The molecule has 180 valence electrons. The molecular weight excluding hydrogens is 474 g/mol. The molecule has 1 atom stereocenters. The quantitative estimate of drug-likeness (QED) is 0.367. The average molecular weight is 496 g/mol. The molecule has 0 saturated carbocycles. The molecule has 2 aromatic heterocycles. The molecule has 0 spiro atoms. The maximum absolute atomic E-state index is 13.4. The largest absolute Gasteiger partial charge is 0.436 e. The smallest absolute Gasteiger partial charge is 0.355 e. The molecule has 2 aromatic carbocycles. The Kier molecular flexibility index (Phi) is 7.11. The fourth-order valence-corrected chi connectivity index (χ4v) is 3.52. The molecule has 0 bridgehead atoms. The second-order valence-corrected chi connectivity index (χ2v) is 8.10. The number of ketones is 1. The zero-order valence-electron chi connectivity index (χ0n) is 19.0. The molecule has 1 N–H and O–H groups in total. The third-order valence-corrected chi connectivity index (χ3v) is 5.55. The van der Waals surface area contributed by atoms with Crippen molar-refractivity contribution in [2.45, 2.75) is 32.9 Å². The summed E-state index contributed by atoms with van der Waals surface area (Å²) >= 11 is 5.98. The van der Waals surface area contributed by atoms with Crippen molar-refractivity contribution in [2.75, 3.05) is 5.32 Å². The van der Waals surface area contributed by atoms with Crippen LogP contribution in [0.5, 0.6) is 11.6 Å². The molecule has 35 heavy (non-hydrogen) atoms. The van der Waals surface area contributed by atoms with Gasteiger partial charge in [-0.3, -0.25) is 9.36 Å². The fraction of sp³-hybridized carbons (Fsp3) is 0.208. The van der Waals surface area contributed by atoms with E-state index in [2.05, 4.69) is 15.5 Å². The van der Waals surface area contributed by atoms with Crippen LogP contribution in [-0.4, -0.2) is 25.1 Å². The molecular formula is C24H22ClN5O5.